The Hall–Kier alpha value is -2.14. The summed E-state index contributed by atoms with van der Waals surface area (Å²) in [6, 6.07) is 15.8. The predicted octanol–water partition coefficient (Wildman–Crippen LogP) is 5.62. The molecule has 2 aromatic carbocycles. The van der Waals surface area contributed by atoms with Crippen LogP contribution in [0.4, 0.5) is 0 Å². The van der Waals surface area contributed by atoms with Crippen LogP contribution in [0.2, 0.25) is 0 Å². The first kappa shape index (κ1) is 25.1. The van der Waals surface area contributed by atoms with E-state index in [1.165, 1.54) is 5.56 Å². The van der Waals surface area contributed by atoms with Crippen LogP contribution < -0.4 is 5.32 Å². The van der Waals surface area contributed by atoms with Crippen LogP contribution in [0.5, 0.6) is 0 Å². The number of amides is 2. The summed E-state index contributed by atoms with van der Waals surface area (Å²) < 4.78 is 0.985. The van der Waals surface area contributed by atoms with E-state index in [-0.39, 0.29) is 23.3 Å². The van der Waals surface area contributed by atoms with Crippen molar-refractivity contribution in [2.45, 2.75) is 78.4 Å². The standard InChI is InChI=1S/C26H35BrN2O2/c1-18(2)28-25(31)19(3)29(17-21-9-14-23(27)15-10-21)24(30)16-11-20-7-12-22(13-8-20)26(4,5)6/h7-10,12-15,18-19H,11,16-17H2,1-6H3,(H,28,31). The molecule has 0 aliphatic rings. The SMILES string of the molecule is CC(C)NC(=O)C(C)N(Cc1ccc(Br)cc1)C(=O)CCc1ccc(C(C)(C)C)cc1. The Bertz CT molecular complexity index is 868. The molecule has 0 heterocycles. The number of aryl methyl sites for hydroxylation is 1. The van der Waals surface area contributed by atoms with Crippen LogP contribution in [0.1, 0.15) is 64.7 Å². The molecule has 1 atom stereocenters. The van der Waals surface area contributed by atoms with Gasteiger partial charge in [-0.25, -0.2) is 0 Å². The number of hydrogen-bond acceptors (Lipinski definition) is 2. The predicted molar refractivity (Wildman–Crippen MR) is 131 cm³/mol. The highest BCUT2D eigenvalue weighted by atomic mass is 79.9. The highest BCUT2D eigenvalue weighted by Crippen LogP contribution is 2.23. The lowest BCUT2D eigenvalue weighted by Crippen LogP contribution is -2.49. The van der Waals surface area contributed by atoms with Crippen molar-refractivity contribution in [3.63, 3.8) is 0 Å². The third-order valence-corrected chi connectivity index (χ3v) is 5.84. The summed E-state index contributed by atoms with van der Waals surface area (Å²) >= 11 is 3.44. The first-order valence-corrected chi connectivity index (χ1v) is 11.7. The maximum atomic E-state index is 13.2. The minimum absolute atomic E-state index is 0.0192. The lowest BCUT2D eigenvalue weighted by atomic mass is 9.86. The molecule has 0 aliphatic heterocycles. The number of nitrogens with zero attached hydrogens (tertiary/aromatic N) is 1. The number of nitrogens with one attached hydrogen (secondary N) is 1. The zero-order valence-electron chi connectivity index (χ0n) is 19.5. The first-order valence-electron chi connectivity index (χ1n) is 10.9. The second kappa shape index (κ2) is 10.9. The minimum atomic E-state index is -0.540. The van der Waals surface area contributed by atoms with Gasteiger partial charge in [0.05, 0.1) is 0 Å². The number of rotatable bonds is 8. The quantitative estimate of drug-likeness (QED) is 0.526. The van der Waals surface area contributed by atoms with Crippen molar-refractivity contribution >= 4 is 27.7 Å². The number of halogens is 1. The molecule has 31 heavy (non-hydrogen) atoms. The van der Waals surface area contributed by atoms with Crippen LogP contribution in [-0.2, 0) is 28.0 Å². The largest absolute Gasteiger partial charge is 0.352 e. The van der Waals surface area contributed by atoms with E-state index in [0.29, 0.717) is 19.4 Å². The summed E-state index contributed by atoms with van der Waals surface area (Å²) in [6.45, 7) is 12.6. The Balaban J connectivity index is 2.12. The van der Waals surface area contributed by atoms with Gasteiger partial charge >= 0.3 is 0 Å². The van der Waals surface area contributed by atoms with E-state index in [2.05, 4.69) is 66.3 Å². The minimum Gasteiger partial charge on any atom is -0.352 e. The third-order valence-electron chi connectivity index (χ3n) is 5.31. The fourth-order valence-corrected chi connectivity index (χ4v) is 3.60. The van der Waals surface area contributed by atoms with E-state index in [4.69, 9.17) is 0 Å². The molecule has 0 bridgehead atoms. The van der Waals surface area contributed by atoms with Crippen LogP contribution >= 0.6 is 15.9 Å². The molecule has 0 aliphatic carbocycles. The van der Waals surface area contributed by atoms with Gasteiger partial charge in [0.2, 0.25) is 11.8 Å². The molecule has 0 saturated carbocycles. The average Bonchev–Trinajstić information content (AvgIpc) is 2.70. The van der Waals surface area contributed by atoms with Crippen molar-refractivity contribution in [2.75, 3.05) is 0 Å². The maximum Gasteiger partial charge on any atom is 0.242 e. The smallest absolute Gasteiger partial charge is 0.242 e. The Kier molecular flexibility index (Phi) is 8.87. The van der Waals surface area contributed by atoms with Crippen LogP contribution in [0.25, 0.3) is 0 Å². The van der Waals surface area contributed by atoms with E-state index in [9.17, 15) is 9.59 Å². The summed E-state index contributed by atoms with van der Waals surface area (Å²) in [5, 5.41) is 2.93. The van der Waals surface area contributed by atoms with Crippen molar-refractivity contribution in [1.82, 2.24) is 10.2 Å². The highest BCUT2D eigenvalue weighted by molar-refractivity contribution is 9.10. The van der Waals surface area contributed by atoms with E-state index in [0.717, 1.165) is 15.6 Å². The molecular formula is C26H35BrN2O2. The summed E-state index contributed by atoms with van der Waals surface area (Å²) in [5.41, 5.74) is 3.51. The van der Waals surface area contributed by atoms with Crippen molar-refractivity contribution in [1.29, 1.82) is 0 Å². The number of carbonyl (C=O) groups is 2. The Morgan fingerprint density at radius 3 is 2.00 bits per heavy atom. The second-order valence-corrected chi connectivity index (χ2v) is 10.3. The van der Waals surface area contributed by atoms with Gasteiger partial charge in [-0.2, -0.15) is 0 Å². The maximum absolute atomic E-state index is 13.2. The van der Waals surface area contributed by atoms with Crippen molar-refractivity contribution < 1.29 is 9.59 Å². The Labute approximate surface area is 195 Å². The zero-order chi connectivity index (χ0) is 23.2. The van der Waals surface area contributed by atoms with Crippen LogP contribution in [0, 0.1) is 0 Å². The van der Waals surface area contributed by atoms with Gasteiger partial charge in [0, 0.05) is 23.5 Å². The molecule has 1 unspecified atom stereocenters. The van der Waals surface area contributed by atoms with Gasteiger partial charge in [-0.1, -0.05) is 73.1 Å². The molecule has 2 rings (SSSR count). The second-order valence-electron chi connectivity index (χ2n) is 9.43. The number of hydrogen-bond donors (Lipinski definition) is 1. The number of carbonyl (C=O) groups excluding carboxylic acids is 2. The molecule has 0 aromatic heterocycles. The molecule has 168 valence electrons. The summed E-state index contributed by atoms with van der Waals surface area (Å²) in [4.78, 5) is 27.5. The molecule has 2 amide bonds. The van der Waals surface area contributed by atoms with Crippen LogP contribution in [-0.4, -0.2) is 28.8 Å². The zero-order valence-corrected chi connectivity index (χ0v) is 21.1. The summed E-state index contributed by atoms with van der Waals surface area (Å²) in [7, 11) is 0. The first-order chi connectivity index (χ1) is 14.5. The van der Waals surface area contributed by atoms with Gasteiger partial charge in [0.1, 0.15) is 6.04 Å². The lowest BCUT2D eigenvalue weighted by molar-refractivity contribution is -0.140. The van der Waals surface area contributed by atoms with Crippen molar-refractivity contribution in [3.05, 3.63) is 69.7 Å². The van der Waals surface area contributed by atoms with Gasteiger partial charge in [0.25, 0.3) is 0 Å². The molecule has 0 fully saturated rings. The fraction of sp³-hybridized carbons (Fsp3) is 0.462. The fourth-order valence-electron chi connectivity index (χ4n) is 3.34. The van der Waals surface area contributed by atoms with Gasteiger partial charge in [0.15, 0.2) is 0 Å². The van der Waals surface area contributed by atoms with Crippen molar-refractivity contribution in [3.8, 4) is 0 Å². The molecule has 4 nitrogen and oxygen atoms in total. The molecule has 1 N–H and O–H groups in total. The molecule has 2 aromatic rings. The van der Waals surface area contributed by atoms with Crippen molar-refractivity contribution in [2.24, 2.45) is 0 Å². The van der Waals surface area contributed by atoms with Gasteiger partial charge in [-0.05, 0) is 61.4 Å². The lowest BCUT2D eigenvalue weighted by Gasteiger charge is -2.29. The Morgan fingerprint density at radius 1 is 0.935 bits per heavy atom. The molecule has 0 spiro atoms. The highest BCUT2D eigenvalue weighted by Gasteiger charge is 2.26. The van der Waals surface area contributed by atoms with E-state index in [1.54, 1.807) is 11.8 Å². The normalized spacial score (nSPS) is 12.5. The summed E-state index contributed by atoms with van der Waals surface area (Å²) in [5.74, 6) is -0.149. The monoisotopic (exact) mass is 486 g/mol. The van der Waals surface area contributed by atoms with E-state index < -0.39 is 6.04 Å². The average molecular weight is 487 g/mol. The Morgan fingerprint density at radius 2 is 1.48 bits per heavy atom. The molecule has 5 heteroatoms. The molecular weight excluding hydrogens is 452 g/mol. The topological polar surface area (TPSA) is 49.4 Å². The molecule has 0 radical (unpaired) electrons. The van der Waals surface area contributed by atoms with Crippen LogP contribution in [0.3, 0.4) is 0 Å². The number of benzene rings is 2. The summed E-state index contributed by atoms with van der Waals surface area (Å²) in [6.07, 6.45) is 1.02. The third kappa shape index (κ3) is 7.80. The van der Waals surface area contributed by atoms with Gasteiger partial charge in [-0.3, -0.25) is 9.59 Å². The van der Waals surface area contributed by atoms with E-state index >= 15 is 0 Å². The van der Waals surface area contributed by atoms with Gasteiger partial charge < -0.3 is 10.2 Å². The van der Waals surface area contributed by atoms with E-state index in [1.807, 2.05) is 38.1 Å². The molecule has 0 saturated heterocycles. The van der Waals surface area contributed by atoms with Gasteiger partial charge in [-0.15, -0.1) is 0 Å². The van der Waals surface area contributed by atoms with Crippen LogP contribution in [0.15, 0.2) is 53.0 Å².